The molecule has 0 atom stereocenters. The third kappa shape index (κ3) is 5.33. The zero-order valence-corrected chi connectivity index (χ0v) is 19.3. The van der Waals surface area contributed by atoms with Gasteiger partial charge in [-0.25, -0.2) is 8.42 Å². The van der Waals surface area contributed by atoms with Crippen LogP contribution in [0.1, 0.15) is 22.3 Å². The molecule has 0 bridgehead atoms. The normalized spacial score (nSPS) is 11.8. The molecule has 0 heterocycles. The summed E-state index contributed by atoms with van der Waals surface area (Å²) < 4.78 is 34.3. The number of aryl methyl sites for hydroxylation is 1. The van der Waals surface area contributed by atoms with Crippen molar-refractivity contribution < 1.29 is 13.2 Å². The molecule has 0 fully saturated rings. The van der Waals surface area contributed by atoms with Gasteiger partial charge in [-0.15, -0.1) is 0 Å². The van der Waals surface area contributed by atoms with Gasteiger partial charge >= 0.3 is 0 Å². The van der Waals surface area contributed by atoms with Crippen molar-refractivity contribution in [1.29, 1.82) is 0 Å². The zero-order valence-electron chi connectivity index (χ0n) is 18.5. The van der Waals surface area contributed by atoms with Crippen LogP contribution in [0, 0.1) is 6.92 Å². The lowest BCUT2D eigenvalue weighted by Gasteiger charge is -2.16. The lowest BCUT2D eigenvalue weighted by atomic mass is 9.94. The van der Waals surface area contributed by atoms with Crippen molar-refractivity contribution in [1.82, 2.24) is 0 Å². The molecule has 166 valence electrons. The summed E-state index contributed by atoms with van der Waals surface area (Å²) in [4.78, 5) is 0.225. The smallest absolute Gasteiger partial charge is 0.261 e. The fourth-order valence-electron chi connectivity index (χ4n) is 3.53. The summed E-state index contributed by atoms with van der Waals surface area (Å²) >= 11 is 0. The highest BCUT2D eigenvalue weighted by atomic mass is 32.2. The fraction of sp³-hybridized carbons (Fsp3) is 0.0714. The van der Waals surface area contributed by atoms with E-state index in [1.165, 1.54) is 0 Å². The number of anilines is 1. The van der Waals surface area contributed by atoms with Crippen molar-refractivity contribution in [3.63, 3.8) is 0 Å². The van der Waals surface area contributed by atoms with Crippen LogP contribution in [0.5, 0.6) is 5.75 Å². The molecule has 0 aliphatic heterocycles. The first-order valence-corrected chi connectivity index (χ1v) is 12.0. The van der Waals surface area contributed by atoms with Gasteiger partial charge in [-0.05, 0) is 60.0 Å². The van der Waals surface area contributed by atoms with Crippen LogP contribution in [-0.4, -0.2) is 15.5 Å². The summed E-state index contributed by atoms with van der Waals surface area (Å²) in [7, 11) is -2.11. The molecule has 0 aliphatic carbocycles. The molecule has 0 amide bonds. The Balaban J connectivity index is 1.80. The summed E-state index contributed by atoms with van der Waals surface area (Å²) in [5.74, 6) is 0.777. The Hall–Kier alpha value is -3.83. The number of methoxy groups -OCH3 is 1. The molecule has 0 aliphatic rings. The van der Waals surface area contributed by atoms with Crippen molar-refractivity contribution in [2.75, 3.05) is 11.8 Å². The number of ether oxygens (including phenoxy) is 1. The van der Waals surface area contributed by atoms with Crippen molar-refractivity contribution in [3.8, 4) is 5.75 Å². The lowest BCUT2D eigenvalue weighted by molar-refractivity contribution is 0.415. The fourth-order valence-corrected chi connectivity index (χ4v) is 4.61. The molecule has 4 nitrogen and oxygen atoms in total. The topological polar surface area (TPSA) is 55.4 Å². The minimum absolute atomic E-state index is 0.225. The first-order chi connectivity index (χ1) is 16.0. The van der Waals surface area contributed by atoms with Gasteiger partial charge in [-0.3, -0.25) is 4.72 Å². The quantitative estimate of drug-likeness (QED) is 0.328. The number of nitrogens with one attached hydrogen (secondary N) is 1. The number of hydrogen-bond acceptors (Lipinski definition) is 3. The van der Waals surface area contributed by atoms with E-state index >= 15 is 0 Å². The van der Waals surface area contributed by atoms with E-state index in [0.717, 1.165) is 33.6 Å². The minimum atomic E-state index is -3.74. The second-order valence-electron chi connectivity index (χ2n) is 7.66. The Morgan fingerprint density at radius 2 is 1.42 bits per heavy atom. The minimum Gasteiger partial charge on any atom is -0.497 e. The van der Waals surface area contributed by atoms with Gasteiger partial charge in [0.1, 0.15) is 5.75 Å². The lowest BCUT2D eigenvalue weighted by Crippen LogP contribution is -2.14. The molecule has 4 rings (SSSR count). The molecule has 0 saturated carbocycles. The first kappa shape index (κ1) is 22.4. The van der Waals surface area contributed by atoms with Crippen molar-refractivity contribution in [2.45, 2.75) is 11.8 Å². The Labute approximate surface area is 195 Å². The first-order valence-electron chi connectivity index (χ1n) is 10.6. The molecule has 33 heavy (non-hydrogen) atoms. The van der Waals surface area contributed by atoms with Crippen LogP contribution >= 0.6 is 0 Å². The van der Waals surface area contributed by atoms with Crippen LogP contribution in [-0.2, 0) is 10.0 Å². The van der Waals surface area contributed by atoms with E-state index in [-0.39, 0.29) is 4.90 Å². The van der Waals surface area contributed by atoms with Gasteiger partial charge in [-0.1, -0.05) is 78.4 Å². The van der Waals surface area contributed by atoms with Crippen molar-refractivity contribution >= 4 is 27.4 Å². The third-order valence-electron chi connectivity index (χ3n) is 5.30. The molecular formula is C28H25NO3S. The Bertz CT molecular complexity index is 1360. The summed E-state index contributed by atoms with van der Waals surface area (Å²) in [6, 6.07) is 31.9. The van der Waals surface area contributed by atoms with Crippen molar-refractivity contribution in [3.05, 3.63) is 125 Å². The summed E-state index contributed by atoms with van der Waals surface area (Å²) in [5, 5.41) is 0. The molecule has 0 spiro atoms. The highest BCUT2D eigenvalue weighted by Gasteiger charge is 2.18. The highest BCUT2D eigenvalue weighted by molar-refractivity contribution is 7.92. The van der Waals surface area contributed by atoms with Gasteiger partial charge < -0.3 is 4.74 Å². The molecule has 4 aromatic carbocycles. The van der Waals surface area contributed by atoms with E-state index in [1.54, 1.807) is 37.4 Å². The van der Waals surface area contributed by atoms with Crippen LogP contribution in [0.15, 0.2) is 108 Å². The van der Waals surface area contributed by atoms with Gasteiger partial charge in [0.15, 0.2) is 0 Å². The monoisotopic (exact) mass is 455 g/mol. The number of para-hydroxylation sites is 1. The second kappa shape index (κ2) is 9.76. The van der Waals surface area contributed by atoms with Gasteiger partial charge in [0.2, 0.25) is 0 Å². The van der Waals surface area contributed by atoms with Crippen molar-refractivity contribution in [2.24, 2.45) is 0 Å². The summed E-state index contributed by atoms with van der Waals surface area (Å²) in [5.41, 5.74) is 5.17. The predicted octanol–water partition coefficient (Wildman–Crippen LogP) is 6.39. The standard InChI is InChI=1S/C28H25NO3S/c1-21-12-18-25(19-13-21)33(30,31)29-28-11-7-6-10-26(28)27(23-8-4-3-5-9-23)20-22-14-16-24(32-2)17-15-22/h3-20,29H,1-2H3/b27-20-. The maximum absolute atomic E-state index is 13.1. The largest absolute Gasteiger partial charge is 0.497 e. The average Bonchev–Trinajstić information content (AvgIpc) is 2.84. The van der Waals surface area contributed by atoms with E-state index < -0.39 is 10.0 Å². The Morgan fingerprint density at radius 3 is 2.09 bits per heavy atom. The van der Waals surface area contributed by atoms with Gasteiger partial charge in [-0.2, -0.15) is 0 Å². The molecule has 0 saturated heterocycles. The van der Waals surface area contributed by atoms with Crippen LogP contribution in [0.2, 0.25) is 0 Å². The molecule has 1 N–H and O–H groups in total. The number of hydrogen-bond donors (Lipinski definition) is 1. The van der Waals surface area contributed by atoms with E-state index in [0.29, 0.717) is 5.69 Å². The van der Waals surface area contributed by atoms with Crippen LogP contribution in [0.25, 0.3) is 11.6 Å². The average molecular weight is 456 g/mol. The van der Waals surface area contributed by atoms with E-state index in [9.17, 15) is 8.42 Å². The zero-order chi connectivity index (χ0) is 23.3. The van der Waals surface area contributed by atoms with Crippen LogP contribution in [0.3, 0.4) is 0 Å². The summed E-state index contributed by atoms with van der Waals surface area (Å²) in [6.07, 6.45) is 2.05. The number of benzene rings is 4. The van der Waals surface area contributed by atoms with E-state index in [4.69, 9.17) is 4.74 Å². The van der Waals surface area contributed by atoms with E-state index in [2.05, 4.69) is 4.72 Å². The maximum Gasteiger partial charge on any atom is 0.261 e. The third-order valence-corrected chi connectivity index (χ3v) is 6.69. The molecule has 0 radical (unpaired) electrons. The van der Waals surface area contributed by atoms with Gasteiger partial charge in [0.25, 0.3) is 10.0 Å². The Kier molecular flexibility index (Phi) is 6.61. The summed E-state index contributed by atoms with van der Waals surface area (Å²) in [6.45, 7) is 1.93. The predicted molar refractivity (Wildman–Crippen MR) is 135 cm³/mol. The molecular weight excluding hydrogens is 430 g/mol. The second-order valence-corrected chi connectivity index (χ2v) is 9.34. The Morgan fingerprint density at radius 1 is 0.788 bits per heavy atom. The number of sulfonamides is 1. The molecule has 0 unspecified atom stereocenters. The van der Waals surface area contributed by atoms with Crippen LogP contribution in [0.4, 0.5) is 5.69 Å². The number of rotatable bonds is 7. The molecule has 5 heteroatoms. The van der Waals surface area contributed by atoms with Crippen LogP contribution < -0.4 is 9.46 Å². The highest BCUT2D eigenvalue weighted by Crippen LogP contribution is 2.33. The maximum atomic E-state index is 13.1. The molecule has 0 aromatic heterocycles. The van der Waals surface area contributed by atoms with E-state index in [1.807, 2.05) is 85.8 Å². The SMILES string of the molecule is COc1ccc(/C=C(/c2ccccc2)c2ccccc2NS(=O)(=O)c2ccc(C)cc2)cc1. The van der Waals surface area contributed by atoms with Gasteiger partial charge in [0, 0.05) is 5.56 Å². The van der Waals surface area contributed by atoms with Gasteiger partial charge in [0.05, 0.1) is 17.7 Å². The molecule has 4 aromatic rings.